The van der Waals surface area contributed by atoms with Gasteiger partial charge in [0.2, 0.25) is 0 Å². The predicted octanol–water partition coefficient (Wildman–Crippen LogP) is 3.48. The van der Waals surface area contributed by atoms with Crippen molar-refractivity contribution in [3.8, 4) is 0 Å². The molecule has 1 aliphatic carbocycles. The molecular weight excluding hydrogens is 280 g/mol. The summed E-state index contributed by atoms with van der Waals surface area (Å²) in [5, 5.41) is 0. The van der Waals surface area contributed by atoms with Gasteiger partial charge in [-0.05, 0) is 48.9 Å². The summed E-state index contributed by atoms with van der Waals surface area (Å²) in [5.74, 6) is 0.0950. The van der Waals surface area contributed by atoms with Crippen molar-refractivity contribution in [1.29, 1.82) is 0 Å². The summed E-state index contributed by atoms with van der Waals surface area (Å²) in [7, 11) is 1.84. The summed E-state index contributed by atoms with van der Waals surface area (Å²) in [6.07, 6.45) is 4.74. The second-order valence-corrected chi connectivity index (χ2v) is 6.76. The van der Waals surface area contributed by atoms with E-state index in [0.717, 1.165) is 29.0 Å². The van der Waals surface area contributed by atoms with Crippen molar-refractivity contribution in [2.24, 2.45) is 0 Å². The maximum absolute atomic E-state index is 12.6. The smallest absolute Gasteiger partial charge is 0.263 e. The molecule has 0 saturated carbocycles. The molecule has 0 spiro atoms. The highest BCUT2D eigenvalue weighted by Gasteiger charge is 2.20. The Hall–Kier alpha value is -1.81. The Morgan fingerprint density at radius 3 is 2.81 bits per heavy atom. The molecule has 0 unspecified atom stereocenters. The number of aryl methyl sites for hydroxylation is 2. The van der Waals surface area contributed by atoms with Gasteiger partial charge in [-0.3, -0.25) is 4.79 Å². The highest BCUT2D eigenvalue weighted by Crippen LogP contribution is 2.30. The van der Waals surface area contributed by atoms with Gasteiger partial charge in [0.1, 0.15) is 0 Å². The Labute approximate surface area is 129 Å². The molecule has 21 heavy (non-hydrogen) atoms. The lowest BCUT2D eigenvalue weighted by molar-refractivity contribution is 0.0790. The number of nitrogens with two attached hydrogens (primary N) is 1. The summed E-state index contributed by atoms with van der Waals surface area (Å²) in [6.45, 7) is 0.550. The van der Waals surface area contributed by atoms with Gasteiger partial charge in [0.25, 0.3) is 5.91 Å². The summed E-state index contributed by atoms with van der Waals surface area (Å²) < 4.78 is 0. The van der Waals surface area contributed by atoms with Crippen LogP contribution >= 0.6 is 11.3 Å². The Kier molecular flexibility index (Phi) is 3.97. The summed E-state index contributed by atoms with van der Waals surface area (Å²) >= 11 is 1.66. The second kappa shape index (κ2) is 5.90. The molecule has 0 atom stereocenters. The monoisotopic (exact) mass is 300 g/mol. The van der Waals surface area contributed by atoms with Crippen LogP contribution in [0.3, 0.4) is 0 Å². The van der Waals surface area contributed by atoms with Crippen molar-refractivity contribution < 1.29 is 4.79 Å². The summed E-state index contributed by atoms with van der Waals surface area (Å²) in [5.41, 5.74) is 9.06. The van der Waals surface area contributed by atoms with E-state index in [0.29, 0.717) is 6.54 Å². The molecule has 1 heterocycles. The lowest BCUT2D eigenvalue weighted by Gasteiger charge is -2.17. The second-order valence-electron chi connectivity index (χ2n) is 5.63. The molecule has 1 aromatic heterocycles. The fourth-order valence-electron chi connectivity index (χ4n) is 2.79. The molecule has 0 bridgehead atoms. The Bertz CT molecular complexity index is 639. The highest BCUT2D eigenvalue weighted by molar-refractivity contribution is 7.14. The van der Waals surface area contributed by atoms with Crippen LogP contribution in [0.2, 0.25) is 0 Å². The van der Waals surface area contributed by atoms with Crippen LogP contribution in [0.25, 0.3) is 0 Å². The number of hydrogen-bond donors (Lipinski definition) is 1. The molecular formula is C17H20N2OS. The van der Waals surface area contributed by atoms with Crippen LogP contribution in [0.4, 0.5) is 5.69 Å². The van der Waals surface area contributed by atoms with Gasteiger partial charge in [-0.2, -0.15) is 0 Å². The average molecular weight is 300 g/mol. The molecule has 1 aliphatic rings. The first-order valence-corrected chi connectivity index (χ1v) is 8.17. The minimum Gasteiger partial charge on any atom is -0.398 e. The first-order chi connectivity index (χ1) is 10.1. The average Bonchev–Trinajstić information content (AvgIpc) is 2.92. The molecule has 0 saturated heterocycles. The van der Waals surface area contributed by atoms with Gasteiger partial charge < -0.3 is 10.6 Å². The summed E-state index contributed by atoms with van der Waals surface area (Å²) in [6, 6.07) is 9.80. The van der Waals surface area contributed by atoms with Crippen LogP contribution in [0.5, 0.6) is 0 Å². The van der Waals surface area contributed by atoms with Crippen LogP contribution in [0, 0.1) is 0 Å². The predicted molar refractivity (Wildman–Crippen MR) is 87.6 cm³/mol. The fraction of sp³-hybridized carbons (Fsp3) is 0.353. The zero-order valence-corrected chi connectivity index (χ0v) is 13.1. The number of fused-ring (bicyclic) bond motifs is 1. The number of nitrogens with zero attached hydrogens (tertiary/aromatic N) is 1. The standard InChI is InChI=1S/C17H20N2OS/c1-19(11-13-7-2-4-8-14(13)18)17(20)16-10-12-6-3-5-9-15(12)21-16/h2,4,7-8,10H,3,5-6,9,11,18H2,1H3. The van der Waals surface area contributed by atoms with E-state index in [9.17, 15) is 4.79 Å². The number of anilines is 1. The molecule has 0 radical (unpaired) electrons. The molecule has 1 amide bonds. The van der Waals surface area contributed by atoms with Gasteiger partial charge >= 0.3 is 0 Å². The van der Waals surface area contributed by atoms with Crippen LogP contribution in [0.1, 0.15) is 38.5 Å². The third-order valence-electron chi connectivity index (χ3n) is 4.02. The number of hydrogen-bond acceptors (Lipinski definition) is 3. The van der Waals surface area contributed by atoms with Crippen molar-refractivity contribution in [3.05, 3.63) is 51.2 Å². The van der Waals surface area contributed by atoms with E-state index in [2.05, 4.69) is 6.07 Å². The third kappa shape index (κ3) is 2.95. The Morgan fingerprint density at radius 2 is 2.05 bits per heavy atom. The highest BCUT2D eigenvalue weighted by atomic mass is 32.1. The SMILES string of the molecule is CN(Cc1ccccc1N)C(=O)c1cc2c(s1)CCCC2. The Balaban J connectivity index is 1.75. The molecule has 110 valence electrons. The lowest BCUT2D eigenvalue weighted by Crippen LogP contribution is -2.25. The van der Waals surface area contributed by atoms with Crippen LogP contribution < -0.4 is 5.73 Å². The van der Waals surface area contributed by atoms with Gasteiger partial charge in [-0.1, -0.05) is 18.2 Å². The van der Waals surface area contributed by atoms with E-state index in [1.54, 1.807) is 16.2 Å². The number of amides is 1. The van der Waals surface area contributed by atoms with Gasteiger partial charge in [0.05, 0.1) is 4.88 Å². The van der Waals surface area contributed by atoms with Crippen LogP contribution in [-0.2, 0) is 19.4 Å². The lowest BCUT2D eigenvalue weighted by atomic mass is 9.99. The fourth-order valence-corrected chi connectivity index (χ4v) is 4.04. The van der Waals surface area contributed by atoms with E-state index in [4.69, 9.17) is 5.73 Å². The first kappa shape index (κ1) is 14.1. The minimum absolute atomic E-state index is 0.0950. The molecule has 1 aromatic carbocycles. The van der Waals surface area contributed by atoms with Crippen molar-refractivity contribution in [2.75, 3.05) is 12.8 Å². The topological polar surface area (TPSA) is 46.3 Å². The maximum Gasteiger partial charge on any atom is 0.263 e. The number of carbonyl (C=O) groups is 1. The van der Waals surface area contributed by atoms with Crippen LogP contribution in [0.15, 0.2) is 30.3 Å². The first-order valence-electron chi connectivity index (χ1n) is 7.35. The Morgan fingerprint density at radius 1 is 1.29 bits per heavy atom. The van der Waals surface area contributed by atoms with E-state index in [-0.39, 0.29) is 5.91 Å². The number of nitrogen functional groups attached to an aromatic ring is 1. The van der Waals surface area contributed by atoms with E-state index in [1.807, 2.05) is 31.3 Å². The van der Waals surface area contributed by atoms with Crippen molar-refractivity contribution in [1.82, 2.24) is 4.90 Å². The number of thiophene rings is 1. The van der Waals surface area contributed by atoms with E-state index in [1.165, 1.54) is 23.3 Å². The molecule has 3 rings (SSSR count). The normalized spacial score (nSPS) is 13.8. The van der Waals surface area contributed by atoms with Crippen molar-refractivity contribution >= 4 is 22.9 Å². The molecule has 0 aliphatic heterocycles. The van der Waals surface area contributed by atoms with Gasteiger partial charge in [0, 0.05) is 24.2 Å². The molecule has 0 fully saturated rings. The number of benzene rings is 1. The van der Waals surface area contributed by atoms with Gasteiger partial charge in [-0.15, -0.1) is 11.3 Å². The quantitative estimate of drug-likeness (QED) is 0.882. The largest absolute Gasteiger partial charge is 0.398 e. The summed E-state index contributed by atoms with van der Waals surface area (Å²) in [4.78, 5) is 16.6. The van der Waals surface area contributed by atoms with Crippen LogP contribution in [-0.4, -0.2) is 17.9 Å². The molecule has 4 heteroatoms. The number of carbonyl (C=O) groups excluding carboxylic acids is 1. The van der Waals surface area contributed by atoms with E-state index >= 15 is 0 Å². The molecule has 2 aromatic rings. The zero-order chi connectivity index (χ0) is 14.8. The zero-order valence-electron chi connectivity index (χ0n) is 12.3. The molecule has 3 nitrogen and oxygen atoms in total. The molecule has 2 N–H and O–H groups in total. The van der Waals surface area contributed by atoms with E-state index < -0.39 is 0 Å². The van der Waals surface area contributed by atoms with Gasteiger partial charge in [-0.25, -0.2) is 0 Å². The van der Waals surface area contributed by atoms with Crippen molar-refractivity contribution in [3.63, 3.8) is 0 Å². The number of rotatable bonds is 3. The maximum atomic E-state index is 12.6. The third-order valence-corrected chi connectivity index (χ3v) is 5.24. The number of para-hydroxylation sites is 1. The van der Waals surface area contributed by atoms with Gasteiger partial charge in [0.15, 0.2) is 0 Å². The minimum atomic E-state index is 0.0950. The van der Waals surface area contributed by atoms with Crippen molar-refractivity contribution in [2.45, 2.75) is 32.2 Å².